The minimum Gasteiger partial charge on any atom is -0.480 e. The Bertz CT molecular complexity index is 943. The smallest absolute Gasteiger partial charge is 0.329 e. The van der Waals surface area contributed by atoms with Crippen molar-refractivity contribution in [2.75, 3.05) is 18.1 Å². The molecule has 0 aliphatic heterocycles. The van der Waals surface area contributed by atoms with Crippen molar-refractivity contribution in [3.63, 3.8) is 0 Å². The Morgan fingerprint density at radius 2 is 1.24 bits per heavy atom. The summed E-state index contributed by atoms with van der Waals surface area (Å²) < 4.78 is 5.05. The molecule has 2 rings (SSSR count). The topological polar surface area (TPSA) is 122 Å². The van der Waals surface area contributed by atoms with Gasteiger partial charge in [-0.2, -0.15) is 0 Å². The maximum Gasteiger partial charge on any atom is 0.329 e. The molecule has 0 saturated carbocycles. The molecule has 0 aliphatic carbocycles. The number of amides is 2. The number of ether oxygens (including phenoxy) is 1. The number of benzene rings is 2. The molecule has 3 N–H and O–H groups in total. The van der Waals surface area contributed by atoms with Crippen LogP contribution in [0.3, 0.4) is 0 Å². The fraction of sp³-hybridized carbons (Fsp3) is 0.333. The van der Waals surface area contributed by atoms with E-state index in [4.69, 9.17) is 4.74 Å². The van der Waals surface area contributed by atoms with Gasteiger partial charge in [0.05, 0.1) is 19.4 Å². The molecule has 2 amide bonds. The monoisotopic (exact) mass is 504 g/mol. The van der Waals surface area contributed by atoms with Gasteiger partial charge in [0.1, 0.15) is 12.1 Å². The lowest BCUT2D eigenvalue weighted by molar-refractivity contribution is -0.146. The van der Waals surface area contributed by atoms with E-state index in [1.807, 2.05) is 48.5 Å². The van der Waals surface area contributed by atoms with E-state index in [9.17, 15) is 24.3 Å². The second kappa shape index (κ2) is 15.0. The highest BCUT2D eigenvalue weighted by molar-refractivity contribution is 8.76. The highest BCUT2D eigenvalue weighted by Crippen LogP contribution is 2.23. The largest absolute Gasteiger partial charge is 0.480 e. The van der Waals surface area contributed by atoms with Crippen molar-refractivity contribution >= 4 is 45.3 Å². The lowest BCUT2D eigenvalue weighted by atomic mass is 10.1. The van der Waals surface area contributed by atoms with Gasteiger partial charge in [-0.05, 0) is 18.1 Å². The lowest BCUT2D eigenvalue weighted by Crippen LogP contribution is -2.44. The Morgan fingerprint density at radius 3 is 1.68 bits per heavy atom. The van der Waals surface area contributed by atoms with Crippen LogP contribution in [-0.4, -0.2) is 59.1 Å². The van der Waals surface area contributed by atoms with E-state index in [0.717, 1.165) is 11.1 Å². The summed E-state index contributed by atoms with van der Waals surface area (Å²) in [6, 6.07) is 16.2. The van der Waals surface area contributed by atoms with Gasteiger partial charge in [-0.15, -0.1) is 0 Å². The van der Waals surface area contributed by atoms with Crippen LogP contribution in [0.5, 0.6) is 0 Å². The zero-order valence-corrected chi connectivity index (χ0v) is 20.4. The van der Waals surface area contributed by atoms with Crippen LogP contribution in [0.1, 0.15) is 18.1 Å². The third kappa shape index (κ3) is 10.3. The molecular weight excluding hydrogens is 476 g/mol. The Morgan fingerprint density at radius 1 is 0.794 bits per heavy atom. The van der Waals surface area contributed by atoms with Crippen LogP contribution in [0.25, 0.3) is 0 Å². The summed E-state index contributed by atoms with van der Waals surface area (Å²) in [5, 5.41) is 14.7. The van der Waals surface area contributed by atoms with Crippen molar-refractivity contribution < 1.29 is 29.0 Å². The van der Waals surface area contributed by atoms with Crippen molar-refractivity contribution in [3.05, 3.63) is 71.8 Å². The number of hydrogen-bond donors (Lipinski definition) is 3. The summed E-state index contributed by atoms with van der Waals surface area (Å²) in [6.07, 6.45) is 0.212. The second-order valence-electron chi connectivity index (χ2n) is 7.22. The molecule has 182 valence electrons. The van der Waals surface area contributed by atoms with Gasteiger partial charge in [0, 0.05) is 11.5 Å². The van der Waals surface area contributed by atoms with Crippen molar-refractivity contribution in [1.82, 2.24) is 10.6 Å². The zero-order chi connectivity index (χ0) is 24.8. The van der Waals surface area contributed by atoms with Crippen molar-refractivity contribution in [1.29, 1.82) is 0 Å². The molecule has 34 heavy (non-hydrogen) atoms. The normalized spacial score (nSPS) is 12.3. The van der Waals surface area contributed by atoms with Crippen LogP contribution < -0.4 is 10.6 Å². The van der Waals surface area contributed by atoms with E-state index in [0.29, 0.717) is 0 Å². The maximum atomic E-state index is 12.4. The van der Waals surface area contributed by atoms with E-state index >= 15 is 0 Å². The Labute approximate surface area is 206 Å². The summed E-state index contributed by atoms with van der Waals surface area (Å²) in [5.41, 5.74) is 1.61. The van der Waals surface area contributed by atoms with Gasteiger partial charge in [0.2, 0.25) is 11.8 Å². The molecule has 8 nitrogen and oxygen atoms in total. The molecule has 0 saturated heterocycles. The van der Waals surface area contributed by atoms with Crippen LogP contribution >= 0.6 is 21.6 Å². The number of carboxylic acids is 1. The molecule has 0 fully saturated rings. The molecule has 0 aromatic heterocycles. The molecular formula is C24H28N2O6S2. The number of rotatable bonds is 14. The van der Waals surface area contributed by atoms with Gasteiger partial charge in [0.25, 0.3) is 0 Å². The molecule has 0 spiro atoms. The molecule has 2 aromatic rings. The lowest BCUT2D eigenvalue weighted by Gasteiger charge is -2.18. The third-order valence-electron chi connectivity index (χ3n) is 4.51. The number of hydrogen-bond acceptors (Lipinski definition) is 7. The highest BCUT2D eigenvalue weighted by atomic mass is 33.1. The van der Waals surface area contributed by atoms with Gasteiger partial charge in [-0.25, -0.2) is 9.59 Å². The van der Waals surface area contributed by atoms with E-state index in [-0.39, 0.29) is 42.8 Å². The third-order valence-corrected chi connectivity index (χ3v) is 6.93. The Balaban J connectivity index is 1.83. The first-order valence-corrected chi connectivity index (χ1v) is 13.2. The van der Waals surface area contributed by atoms with Crippen LogP contribution in [0.2, 0.25) is 0 Å². The highest BCUT2D eigenvalue weighted by Gasteiger charge is 2.24. The quantitative estimate of drug-likeness (QED) is 0.204. The number of esters is 1. The number of aliphatic carboxylic acids is 1. The van der Waals surface area contributed by atoms with Gasteiger partial charge in [-0.1, -0.05) is 82.3 Å². The van der Waals surface area contributed by atoms with E-state index in [2.05, 4.69) is 10.6 Å². The molecule has 0 aliphatic rings. The molecule has 2 unspecified atom stereocenters. The first-order chi connectivity index (χ1) is 16.4. The standard InChI is InChI=1S/C24H28N2O6S2/c1-2-32-24(31)20(26-22(28)14-18-11-7-4-8-12-18)16-34-33-15-19(23(29)30)25-21(27)13-17-9-5-3-6-10-17/h3-12,19-20H,2,13-16H2,1H3,(H,25,27)(H,26,28)(H,29,30). The Hall–Kier alpha value is -2.98. The fourth-order valence-electron chi connectivity index (χ4n) is 2.87. The predicted molar refractivity (Wildman–Crippen MR) is 133 cm³/mol. The number of carbonyl (C=O) groups is 4. The van der Waals surface area contributed by atoms with Gasteiger partial charge in [0.15, 0.2) is 0 Å². The first kappa shape index (κ1) is 27.3. The fourth-order valence-corrected chi connectivity index (χ4v) is 5.18. The van der Waals surface area contributed by atoms with Crippen LogP contribution in [0.4, 0.5) is 0 Å². The van der Waals surface area contributed by atoms with E-state index in [1.54, 1.807) is 19.1 Å². The predicted octanol–water partition coefficient (Wildman–Crippen LogP) is 2.47. The minimum absolute atomic E-state index is 0.0841. The van der Waals surface area contributed by atoms with Crippen LogP contribution in [0.15, 0.2) is 60.7 Å². The molecule has 0 heterocycles. The molecule has 2 atom stereocenters. The van der Waals surface area contributed by atoms with E-state index in [1.165, 1.54) is 21.6 Å². The van der Waals surface area contributed by atoms with Crippen molar-refractivity contribution in [2.45, 2.75) is 31.8 Å². The molecule has 10 heteroatoms. The van der Waals surface area contributed by atoms with Gasteiger partial charge in [-0.3, -0.25) is 9.59 Å². The number of carboxylic acid groups (broad SMARTS) is 1. The zero-order valence-electron chi connectivity index (χ0n) is 18.8. The molecule has 2 aromatic carbocycles. The minimum atomic E-state index is -1.15. The Kier molecular flexibility index (Phi) is 12.0. The van der Waals surface area contributed by atoms with Crippen molar-refractivity contribution in [2.24, 2.45) is 0 Å². The van der Waals surface area contributed by atoms with Gasteiger partial charge >= 0.3 is 11.9 Å². The SMILES string of the molecule is CCOC(=O)C(CSSCC(NC(=O)Cc1ccccc1)C(=O)O)NC(=O)Cc1ccccc1. The molecule has 0 bridgehead atoms. The average Bonchev–Trinajstić information content (AvgIpc) is 2.81. The van der Waals surface area contributed by atoms with E-state index < -0.39 is 24.0 Å². The summed E-state index contributed by atoms with van der Waals surface area (Å²) in [4.78, 5) is 48.4. The maximum absolute atomic E-state index is 12.4. The van der Waals surface area contributed by atoms with Crippen LogP contribution in [0, 0.1) is 0 Å². The number of nitrogens with one attached hydrogen (secondary N) is 2. The summed E-state index contributed by atoms with van der Waals surface area (Å²) in [5.74, 6) is -2.12. The first-order valence-electron chi connectivity index (χ1n) is 10.7. The summed E-state index contributed by atoms with van der Waals surface area (Å²) in [7, 11) is 2.42. The van der Waals surface area contributed by atoms with Gasteiger partial charge < -0.3 is 20.5 Å². The van der Waals surface area contributed by atoms with Crippen LogP contribution in [-0.2, 0) is 36.8 Å². The second-order valence-corrected chi connectivity index (χ2v) is 9.78. The molecule has 0 radical (unpaired) electrons. The number of carbonyl (C=O) groups excluding carboxylic acids is 3. The van der Waals surface area contributed by atoms with Crippen molar-refractivity contribution in [3.8, 4) is 0 Å². The summed E-state index contributed by atoms with van der Waals surface area (Å²) in [6.45, 7) is 1.86. The average molecular weight is 505 g/mol. The summed E-state index contributed by atoms with van der Waals surface area (Å²) >= 11 is 0.